The molecule has 1 heterocycles. The number of para-hydroxylation sites is 1. The Kier molecular flexibility index (Phi) is 5.53. The molecule has 0 fully saturated rings. The number of aliphatic hydroxyl groups excluding tert-OH is 1. The molecule has 0 aliphatic rings. The van der Waals surface area contributed by atoms with Crippen molar-refractivity contribution in [1.29, 1.82) is 0 Å². The van der Waals surface area contributed by atoms with Crippen LogP contribution in [0.25, 0.3) is 0 Å². The van der Waals surface area contributed by atoms with Crippen LogP contribution >= 0.6 is 0 Å². The normalized spacial score (nSPS) is 10.6. The highest BCUT2D eigenvalue weighted by molar-refractivity contribution is 6.04. The van der Waals surface area contributed by atoms with Gasteiger partial charge in [-0.05, 0) is 42.7 Å². The average molecular weight is 336 g/mol. The van der Waals surface area contributed by atoms with E-state index in [0.717, 1.165) is 23.4 Å². The van der Waals surface area contributed by atoms with Gasteiger partial charge in [0, 0.05) is 24.1 Å². The van der Waals surface area contributed by atoms with Crippen LogP contribution in [0.5, 0.6) is 0 Å². The number of nitrogens with zero attached hydrogens (tertiary/aromatic N) is 3. The lowest BCUT2D eigenvalue weighted by Crippen LogP contribution is -2.11. The molecule has 0 unspecified atom stereocenters. The number of aryl methyl sites for hydroxylation is 1. The fourth-order valence-electron chi connectivity index (χ4n) is 2.46. The van der Waals surface area contributed by atoms with Crippen molar-refractivity contribution in [3.8, 4) is 0 Å². The zero-order valence-corrected chi connectivity index (χ0v) is 13.8. The van der Waals surface area contributed by atoms with E-state index in [4.69, 9.17) is 5.11 Å². The quantitative estimate of drug-likeness (QED) is 0.695. The van der Waals surface area contributed by atoms with Gasteiger partial charge in [0.25, 0.3) is 5.91 Å². The molecule has 3 rings (SSSR count). The highest BCUT2D eigenvalue weighted by atomic mass is 16.2. The van der Waals surface area contributed by atoms with E-state index < -0.39 is 0 Å². The van der Waals surface area contributed by atoms with Gasteiger partial charge in [-0.1, -0.05) is 35.5 Å². The Bertz CT molecular complexity index is 813. The van der Waals surface area contributed by atoms with E-state index in [9.17, 15) is 4.79 Å². The van der Waals surface area contributed by atoms with Crippen molar-refractivity contribution in [3.63, 3.8) is 0 Å². The Morgan fingerprint density at radius 1 is 1.08 bits per heavy atom. The number of amides is 1. The maximum atomic E-state index is 12.2. The molecule has 2 N–H and O–H groups in total. The fourth-order valence-corrected chi connectivity index (χ4v) is 2.46. The molecule has 0 aliphatic carbocycles. The van der Waals surface area contributed by atoms with Crippen LogP contribution in [-0.2, 0) is 13.0 Å². The van der Waals surface area contributed by atoms with E-state index >= 15 is 0 Å². The van der Waals surface area contributed by atoms with Crippen molar-refractivity contribution in [2.24, 2.45) is 0 Å². The second-order valence-corrected chi connectivity index (χ2v) is 5.75. The molecule has 128 valence electrons. The van der Waals surface area contributed by atoms with Crippen LogP contribution in [-0.4, -0.2) is 32.6 Å². The van der Waals surface area contributed by atoms with Crippen molar-refractivity contribution < 1.29 is 9.90 Å². The van der Waals surface area contributed by atoms with Crippen LogP contribution in [0.15, 0.2) is 60.8 Å². The van der Waals surface area contributed by atoms with Crippen molar-refractivity contribution >= 4 is 11.6 Å². The minimum atomic E-state index is -0.134. The minimum absolute atomic E-state index is 0.134. The molecule has 3 aromatic rings. The number of aromatic nitrogens is 3. The largest absolute Gasteiger partial charge is 0.396 e. The third-order valence-electron chi connectivity index (χ3n) is 3.77. The monoisotopic (exact) mass is 336 g/mol. The van der Waals surface area contributed by atoms with E-state index in [1.165, 1.54) is 0 Å². The molecular formula is C19H20N4O2. The van der Waals surface area contributed by atoms with E-state index in [-0.39, 0.29) is 12.5 Å². The highest BCUT2D eigenvalue weighted by Gasteiger charge is 2.07. The van der Waals surface area contributed by atoms with Crippen LogP contribution in [0.4, 0.5) is 5.69 Å². The summed E-state index contributed by atoms with van der Waals surface area (Å²) in [7, 11) is 0. The van der Waals surface area contributed by atoms with E-state index in [0.29, 0.717) is 18.5 Å². The standard InChI is InChI=1S/C19H20N4O2/c24-12-4-7-18-14-23(22-21-18)13-15-8-10-16(11-9-15)19(25)20-17-5-2-1-3-6-17/h1-3,5-6,8-11,14,24H,4,7,12-13H2,(H,20,25). The molecule has 0 saturated heterocycles. The zero-order chi connectivity index (χ0) is 17.5. The number of hydrogen-bond donors (Lipinski definition) is 2. The average Bonchev–Trinajstić information content (AvgIpc) is 3.08. The lowest BCUT2D eigenvalue weighted by atomic mass is 10.1. The summed E-state index contributed by atoms with van der Waals surface area (Å²) in [4.78, 5) is 12.2. The summed E-state index contributed by atoms with van der Waals surface area (Å²) in [6.45, 7) is 0.742. The summed E-state index contributed by atoms with van der Waals surface area (Å²) in [5, 5.41) is 19.9. The van der Waals surface area contributed by atoms with Gasteiger partial charge < -0.3 is 10.4 Å². The Balaban J connectivity index is 1.60. The number of aliphatic hydroxyl groups is 1. The number of carbonyl (C=O) groups is 1. The molecular weight excluding hydrogens is 316 g/mol. The molecule has 0 radical (unpaired) electrons. The zero-order valence-electron chi connectivity index (χ0n) is 13.8. The number of anilines is 1. The minimum Gasteiger partial charge on any atom is -0.396 e. The van der Waals surface area contributed by atoms with Crippen LogP contribution in [0.1, 0.15) is 28.0 Å². The van der Waals surface area contributed by atoms with Crippen molar-refractivity contribution in [3.05, 3.63) is 77.6 Å². The van der Waals surface area contributed by atoms with Crippen molar-refractivity contribution in [1.82, 2.24) is 15.0 Å². The van der Waals surface area contributed by atoms with Crippen LogP contribution in [0, 0.1) is 0 Å². The number of benzene rings is 2. The first-order chi connectivity index (χ1) is 12.2. The number of nitrogens with one attached hydrogen (secondary N) is 1. The summed E-state index contributed by atoms with van der Waals surface area (Å²) in [6, 6.07) is 16.8. The maximum Gasteiger partial charge on any atom is 0.255 e. The predicted molar refractivity (Wildman–Crippen MR) is 95.4 cm³/mol. The first-order valence-corrected chi connectivity index (χ1v) is 8.20. The first kappa shape index (κ1) is 16.9. The third kappa shape index (κ3) is 4.74. The Morgan fingerprint density at radius 3 is 2.56 bits per heavy atom. The molecule has 1 amide bonds. The van der Waals surface area contributed by atoms with E-state index in [1.807, 2.05) is 48.7 Å². The van der Waals surface area contributed by atoms with Gasteiger partial charge in [0.1, 0.15) is 0 Å². The lowest BCUT2D eigenvalue weighted by Gasteiger charge is -2.06. The number of rotatable bonds is 7. The molecule has 0 spiro atoms. The summed E-state index contributed by atoms with van der Waals surface area (Å²) in [5.74, 6) is -0.134. The Morgan fingerprint density at radius 2 is 1.84 bits per heavy atom. The molecule has 0 bridgehead atoms. The summed E-state index contributed by atoms with van der Waals surface area (Å²) < 4.78 is 1.76. The molecule has 2 aromatic carbocycles. The second kappa shape index (κ2) is 8.21. The van der Waals surface area contributed by atoms with Crippen molar-refractivity contribution in [2.45, 2.75) is 19.4 Å². The van der Waals surface area contributed by atoms with Gasteiger partial charge in [0.05, 0.1) is 12.2 Å². The fraction of sp³-hybridized carbons (Fsp3) is 0.211. The Hall–Kier alpha value is -2.99. The smallest absolute Gasteiger partial charge is 0.255 e. The van der Waals surface area contributed by atoms with E-state index in [1.54, 1.807) is 16.8 Å². The van der Waals surface area contributed by atoms with Gasteiger partial charge in [-0.25, -0.2) is 4.68 Å². The SMILES string of the molecule is O=C(Nc1ccccc1)c1ccc(Cn2cc(CCCO)nn2)cc1. The number of hydrogen-bond acceptors (Lipinski definition) is 4. The summed E-state index contributed by atoms with van der Waals surface area (Å²) >= 11 is 0. The first-order valence-electron chi connectivity index (χ1n) is 8.20. The van der Waals surface area contributed by atoms with Crippen molar-refractivity contribution in [2.75, 3.05) is 11.9 Å². The highest BCUT2D eigenvalue weighted by Crippen LogP contribution is 2.11. The summed E-state index contributed by atoms with van der Waals surface area (Å²) in [5.41, 5.74) is 3.28. The second-order valence-electron chi connectivity index (χ2n) is 5.75. The van der Waals surface area contributed by atoms with E-state index in [2.05, 4.69) is 15.6 Å². The Labute approximate surface area is 146 Å². The van der Waals surface area contributed by atoms with Crippen LogP contribution in [0.3, 0.4) is 0 Å². The lowest BCUT2D eigenvalue weighted by molar-refractivity contribution is 0.102. The van der Waals surface area contributed by atoms with Crippen LogP contribution in [0.2, 0.25) is 0 Å². The van der Waals surface area contributed by atoms with Gasteiger partial charge in [-0.2, -0.15) is 0 Å². The third-order valence-corrected chi connectivity index (χ3v) is 3.77. The molecule has 0 atom stereocenters. The van der Waals surface area contributed by atoms with Gasteiger partial charge in [0.2, 0.25) is 0 Å². The maximum absolute atomic E-state index is 12.2. The molecule has 6 heteroatoms. The van der Waals surface area contributed by atoms with Crippen LogP contribution < -0.4 is 5.32 Å². The summed E-state index contributed by atoms with van der Waals surface area (Å²) in [6.07, 6.45) is 3.28. The van der Waals surface area contributed by atoms with Gasteiger partial charge in [-0.15, -0.1) is 5.10 Å². The van der Waals surface area contributed by atoms with Gasteiger partial charge in [0.15, 0.2) is 0 Å². The van der Waals surface area contributed by atoms with Gasteiger partial charge in [-0.3, -0.25) is 4.79 Å². The topological polar surface area (TPSA) is 80.0 Å². The molecule has 25 heavy (non-hydrogen) atoms. The molecule has 0 aliphatic heterocycles. The molecule has 0 saturated carbocycles. The molecule has 1 aromatic heterocycles. The molecule has 6 nitrogen and oxygen atoms in total. The predicted octanol–water partition coefficient (Wildman–Crippen LogP) is 2.50. The van der Waals surface area contributed by atoms with Gasteiger partial charge >= 0.3 is 0 Å². The number of carbonyl (C=O) groups excluding carboxylic acids is 1.